The number of aromatic nitrogens is 2. The Labute approximate surface area is 133 Å². The van der Waals surface area contributed by atoms with E-state index in [2.05, 4.69) is 27.5 Å². The molecule has 1 heterocycles. The number of amides is 1. The van der Waals surface area contributed by atoms with Gasteiger partial charge in [0.15, 0.2) is 0 Å². The lowest BCUT2D eigenvalue weighted by atomic mass is 10.2. The summed E-state index contributed by atoms with van der Waals surface area (Å²) in [4.78, 5) is 19.8. The average Bonchev–Trinajstić information content (AvgIpc) is 2.55. The standard InChI is InChI=1S/C16H18F2N4O/c1-2-3-4-7-19-16(23)14-9-21-15(10-20-14)22-13-6-5-11(17)8-12(13)18/h5-6,8-10H,2-4,7H2,1H3,(H,19,23)(H,21,22). The molecule has 0 aliphatic heterocycles. The summed E-state index contributed by atoms with van der Waals surface area (Å²) in [6, 6.07) is 3.17. The van der Waals surface area contributed by atoms with E-state index in [1.165, 1.54) is 18.5 Å². The Bertz CT molecular complexity index is 662. The van der Waals surface area contributed by atoms with E-state index in [4.69, 9.17) is 0 Å². The van der Waals surface area contributed by atoms with Crippen LogP contribution in [0.5, 0.6) is 0 Å². The van der Waals surface area contributed by atoms with Gasteiger partial charge in [-0.25, -0.2) is 18.7 Å². The van der Waals surface area contributed by atoms with E-state index in [-0.39, 0.29) is 23.1 Å². The van der Waals surface area contributed by atoms with Gasteiger partial charge in [0.05, 0.1) is 18.1 Å². The Balaban J connectivity index is 1.95. The van der Waals surface area contributed by atoms with Crippen molar-refractivity contribution in [2.45, 2.75) is 26.2 Å². The highest BCUT2D eigenvalue weighted by Crippen LogP contribution is 2.18. The molecule has 7 heteroatoms. The molecule has 0 saturated heterocycles. The van der Waals surface area contributed by atoms with Gasteiger partial charge in [-0.1, -0.05) is 19.8 Å². The van der Waals surface area contributed by atoms with Crippen LogP contribution in [0.25, 0.3) is 0 Å². The predicted octanol–water partition coefficient (Wildman–Crippen LogP) is 3.42. The lowest BCUT2D eigenvalue weighted by Gasteiger charge is -2.07. The lowest BCUT2D eigenvalue weighted by molar-refractivity contribution is 0.0947. The maximum atomic E-state index is 13.5. The molecule has 0 atom stereocenters. The first-order valence-electron chi connectivity index (χ1n) is 7.42. The van der Waals surface area contributed by atoms with Crippen molar-refractivity contribution >= 4 is 17.4 Å². The second kappa shape index (κ2) is 8.17. The fraction of sp³-hybridized carbons (Fsp3) is 0.312. The van der Waals surface area contributed by atoms with Crippen molar-refractivity contribution in [2.75, 3.05) is 11.9 Å². The van der Waals surface area contributed by atoms with Gasteiger partial charge >= 0.3 is 0 Å². The molecule has 0 fully saturated rings. The molecule has 0 bridgehead atoms. The number of hydrogen-bond acceptors (Lipinski definition) is 4. The van der Waals surface area contributed by atoms with Crippen LogP contribution in [0, 0.1) is 11.6 Å². The summed E-state index contributed by atoms with van der Waals surface area (Å²) < 4.78 is 26.4. The fourth-order valence-corrected chi connectivity index (χ4v) is 1.91. The number of unbranched alkanes of at least 4 members (excludes halogenated alkanes) is 2. The molecule has 1 aromatic heterocycles. The summed E-state index contributed by atoms with van der Waals surface area (Å²) in [5, 5.41) is 5.43. The molecule has 5 nitrogen and oxygen atoms in total. The van der Waals surface area contributed by atoms with E-state index in [1.807, 2.05) is 0 Å². The number of halogens is 2. The van der Waals surface area contributed by atoms with Crippen LogP contribution in [0.15, 0.2) is 30.6 Å². The van der Waals surface area contributed by atoms with Crippen molar-refractivity contribution in [3.05, 3.63) is 47.9 Å². The molecule has 0 spiro atoms. The van der Waals surface area contributed by atoms with Gasteiger partial charge in [0.1, 0.15) is 23.1 Å². The predicted molar refractivity (Wildman–Crippen MR) is 83.5 cm³/mol. The van der Waals surface area contributed by atoms with Crippen LogP contribution >= 0.6 is 0 Å². The Hall–Kier alpha value is -2.57. The molecule has 0 aliphatic carbocycles. The maximum Gasteiger partial charge on any atom is 0.271 e. The number of nitrogens with one attached hydrogen (secondary N) is 2. The Morgan fingerprint density at radius 3 is 2.65 bits per heavy atom. The monoisotopic (exact) mass is 320 g/mol. The van der Waals surface area contributed by atoms with Gasteiger partial charge in [-0.2, -0.15) is 0 Å². The van der Waals surface area contributed by atoms with Crippen LogP contribution in [0.1, 0.15) is 36.7 Å². The minimum atomic E-state index is -0.732. The second-order valence-corrected chi connectivity index (χ2v) is 5.00. The van der Waals surface area contributed by atoms with Crippen molar-refractivity contribution in [3.63, 3.8) is 0 Å². The van der Waals surface area contributed by atoms with E-state index in [0.717, 1.165) is 31.4 Å². The number of nitrogens with zero attached hydrogens (tertiary/aromatic N) is 2. The normalized spacial score (nSPS) is 10.4. The van der Waals surface area contributed by atoms with Crippen molar-refractivity contribution < 1.29 is 13.6 Å². The zero-order chi connectivity index (χ0) is 16.7. The molecule has 1 aromatic carbocycles. The number of carbonyl (C=O) groups excluding carboxylic acids is 1. The maximum absolute atomic E-state index is 13.5. The lowest BCUT2D eigenvalue weighted by Crippen LogP contribution is -2.25. The Morgan fingerprint density at radius 2 is 2.00 bits per heavy atom. The van der Waals surface area contributed by atoms with Crippen LogP contribution in [-0.2, 0) is 0 Å². The molecule has 1 amide bonds. The third-order valence-corrected chi connectivity index (χ3v) is 3.14. The third-order valence-electron chi connectivity index (χ3n) is 3.14. The highest BCUT2D eigenvalue weighted by molar-refractivity contribution is 5.92. The van der Waals surface area contributed by atoms with Gasteiger partial charge < -0.3 is 10.6 Å². The molecule has 122 valence electrons. The average molecular weight is 320 g/mol. The van der Waals surface area contributed by atoms with E-state index >= 15 is 0 Å². The summed E-state index contributed by atoms with van der Waals surface area (Å²) >= 11 is 0. The number of carbonyl (C=O) groups is 1. The topological polar surface area (TPSA) is 66.9 Å². The Kier molecular flexibility index (Phi) is 5.96. The van der Waals surface area contributed by atoms with Gasteiger partial charge in [-0.05, 0) is 18.6 Å². The molecule has 23 heavy (non-hydrogen) atoms. The van der Waals surface area contributed by atoms with E-state index in [1.54, 1.807) is 0 Å². The highest BCUT2D eigenvalue weighted by atomic mass is 19.1. The first kappa shape index (κ1) is 16.8. The quantitative estimate of drug-likeness (QED) is 0.767. The molecular formula is C16H18F2N4O. The molecule has 0 unspecified atom stereocenters. The molecule has 0 radical (unpaired) electrons. The summed E-state index contributed by atoms with van der Waals surface area (Å²) in [5.74, 6) is -1.43. The van der Waals surface area contributed by atoms with Crippen LogP contribution < -0.4 is 10.6 Å². The summed E-state index contributed by atoms with van der Waals surface area (Å²) in [6.07, 6.45) is 5.68. The fourth-order valence-electron chi connectivity index (χ4n) is 1.91. The van der Waals surface area contributed by atoms with Crippen molar-refractivity contribution in [1.82, 2.24) is 15.3 Å². The van der Waals surface area contributed by atoms with E-state index in [9.17, 15) is 13.6 Å². The minimum absolute atomic E-state index is 0.0810. The molecule has 0 aliphatic rings. The smallest absolute Gasteiger partial charge is 0.271 e. The van der Waals surface area contributed by atoms with E-state index in [0.29, 0.717) is 6.54 Å². The molecule has 2 aromatic rings. The minimum Gasteiger partial charge on any atom is -0.351 e. The molecule has 2 N–H and O–H groups in total. The van der Waals surface area contributed by atoms with Gasteiger partial charge in [-0.3, -0.25) is 4.79 Å². The number of anilines is 2. The third kappa shape index (κ3) is 4.98. The first-order valence-corrected chi connectivity index (χ1v) is 7.42. The zero-order valence-corrected chi connectivity index (χ0v) is 12.8. The first-order chi connectivity index (χ1) is 11.1. The molecule has 2 rings (SSSR count). The van der Waals surface area contributed by atoms with Crippen molar-refractivity contribution in [3.8, 4) is 0 Å². The second-order valence-electron chi connectivity index (χ2n) is 5.00. The summed E-state index contributed by atoms with van der Waals surface area (Å²) in [7, 11) is 0. The van der Waals surface area contributed by atoms with Crippen molar-refractivity contribution in [2.24, 2.45) is 0 Å². The highest BCUT2D eigenvalue weighted by Gasteiger charge is 2.09. The van der Waals surface area contributed by atoms with Crippen LogP contribution in [0.2, 0.25) is 0 Å². The Morgan fingerprint density at radius 1 is 1.17 bits per heavy atom. The molecule has 0 saturated carbocycles. The van der Waals surface area contributed by atoms with Gasteiger partial charge in [0, 0.05) is 12.6 Å². The summed E-state index contributed by atoms with van der Waals surface area (Å²) in [5.41, 5.74) is 0.268. The van der Waals surface area contributed by atoms with Crippen LogP contribution in [0.4, 0.5) is 20.3 Å². The number of rotatable bonds is 7. The SMILES string of the molecule is CCCCCNC(=O)c1cnc(Nc2ccc(F)cc2F)cn1. The summed E-state index contributed by atoms with van der Waals surface area (Å²) in [6.45, 7) is 2.68. The largest absolute Gasteiger partial charge is 0.351 e. The number of hydrogen-bond donors (Lipinski definition) is 2. The van der Waals surface area contributed by atoms with Gasteiger partial charge in [0.2, 0.25) is 0 Å². The molecular weight excluding hydrogens is 302 g/mol. The van der Waals surface area contributed by atoms with Crippen LogP contribution in [0.3, 0.4) is 0 Å². The van der Waals surface area contributed by atoms with E-state index < -0.39 is 11.6 Å². The van der Waals surface area contributed by atoms with Gasteiger partial charge in [0.25, 0.3) is 5.91 Å². The van der Waals surface area contributed by atoms with Crippen molar-refractivity contribution in [1.29, 1.82) is 0 Å². The van der Waals surface area contributed by atoms with Crippen LogP contribution in [-0.4, -0.2) is 22.4 Å². The zero-order valence-electron chi connectivity index (χ0n) is 12.8. The number of benzene rings is 1. The van der Waals surface area contributed by atoms with Gasteiger partial charge in [-0.15, -0.1) is 0 Å².